The van der Waals surface area contributed by atoms with Crippen LogP contribution in [0.4, 0.5) is 0 Å². The highest BCUT2D eigenvalue weighted by molar-refractivity contribution is 6.31. The van der Waals surface area contributed by atoms with Crippen molar-refractivity contribution >= 4 is 22.5 Å². The van der Waals surface area contributed by atoms with Gasteiger partial charge in [-0.25, -0.2) is 0 Å². The molecule has 78 valence electrons. The minimum atomic E-state index is 0.630. The van der Waals surface area contributed by atoms with Crippen molar-refractivity contribution in [1.82, 2.24) is 4.98 Å². The number of nitrogens with zero attached hydrogens (tertiary/aromatic N) is 1. The summed E-state index contributed by atoms with van der Waals surface area (Å²) in [5.74, 6) is 0. The summed E-state index contributed by atoms with van der Waals surface area (Å²) in [5, 5.41) is 1.84. The van der Waals surface area contributed by atoms with E-state index in [0.29, 0.717) is 6.54 Å². The van der Waals surface area contributed by atoms with Gasteiger partial charge in [-0.1, -0.05) is 17.7 Å². The highest BCUT2D eigenvalue weighted by Gasteiger charge is 2.02. The van der Waals surface area contributed by atoms with E-state index in [2.05, 4.69) is 4.98 Å². The summed E-state index contributed by atoms with van der Waals surface area (Å²) in [5.41, 5.74) is 8.67. The van der Waals surface area contributed by atoms with Gasteiger partial charge in [-0.15, -0.1) is 0 Å². The van der Waals surface area contributed by atoms with E-state index in [1.807, 2.05) is 31.2 Å². The Morgan fingerprint density at radius 1 is 1.33 bits per heavy atom. The molecule has 0 bridgehead atoms. The summed E-state index contributed by atoms with van der Waals surface area (Å²) in [6.07, 6.45) is 0.817. The number of halogens is 1. The quantitative estimate of drug-likeness (QED) is 0.845. The highest BCUT2D eigenvalue weighted by atomic mass is 35.5. The first-order valence-electron chi connectivity index (χ1n) is 4.96. The smallest absolute Gasteiger partial charge is 0.0735 e. The maximum atomic E-state index is 5.98. The molecule has 1 heterocycles. The van der Waals surface area contributed by atoms with Gasteiger partial charge < -0.3 is 5.73 Å². The number of nitrogens with two attached hydrogens (primary N) is 1. The van der Waals surface area contributed by atoms with Crippen LogP contribution in [0.5, 0.6) is 0 Å². The van der Waals surface area contributed by atoms with E-state index in [9.17, 15) is 0 Å². The maximum absolute atomic E-state index is 5.98. The minimum absolute atomic E-state index is 0.630. The van der Waals surface area contributed by atoms with Crippen molar-refractivity contribution in [2.45, 2.75) is 13.3 Å². The van der Waals surface area contributed by atoms with Crippen LogP contribution in [-0.4, -0.2) is 11.5 Å². The molecule has 0 unspecified atom stereocenters. The summed E-state index contributed by atoms with van der Waals surface area (Å²) in [6, 6.07) is 7.92. The van der Waals surface area contributed by atoms with Crippen LogP contribution >= 0.6 is 11.6 Å². The molecular weight excluding hydrogens is 208 g/mol. The fraction of sp³-hybridized carbons (Fsp3) is 0.250. The van der Waals surface area contributed by atoms with Crippen molar-refractivity contribution in [1.29, 1.82) is 0 Å². The zero-order valence-electron chi connectivity index (χ0n) is 8.63. The normalized spacial score (nSPS) is 10.9. The van der Waals surface area contributed by atoms with Crippen LogP contribution in [0, 0.1) is 6.92 Å². The first kappa shape index (κ1) is 10.4. The number of benzene rings is 1. The van der Waals surface area contributed by atoms with E-state index in [4.69, 9.17) is 17.3 Å². The third-order valence-corrected chi connectivity index (χ3v) is 2.62. The Bertz CT molecular complexity index is 494. The topological polar surface area (TPSA) is 38.9 Å². The van der Waals surface area contributed by atoms with Gasteiger partial charge in [0.1, 0.15) is 0 Å². The average Bonchev–Trinajstić information content (AvgIpc) is 2.19. The Balaban J connectivity index is 2.60. The van der Waals surface area contributed by atoms with Gasteiger partial charge in [0.25, 0.3) is 0 Å². The van der Waals surface area contributed by atoms with Gasteiger partial charge in [0, 0.05) is 22.5 Å². The van der Waals surface area contributed by atoms with Gasteiger partial charge in [0.05, 0.1) is 5.52 Å². The van der Waals surface area contributed by atoms with Crippen molar-refractivity contribution in [2.24, 2.45) is 5.73 Å². The van der Waals surface area contributed by atoms with Crippen LogP contribution in [0.15, 0.2) is 24.3 Å². The maximum Gasteiger partial charge on any atom is 0.0735 e. The fourth-order valence-electron chi connectivity index (χ4n) is 1.70. The molecule has 2 nitrogen and oxygen atoms in total. The molecule has 0 saturated carbocycles. The molecule has 1 aromatic heterocycles. The largest absolute Gasteiger partial charge is 0.330 e. The average molecular weight is 221 g/mol. The van der Waals surface area contributed by atoms with Gasteiger partial charge in [0.15, 0.2) is 0 Å². The van der Waals surface area contributed by atoms with E-state index >= 15 is 0 Å². The van der Waals surface area contributed by atoms with Crippen molar-refractivity contribution in [3.05, 3.63) is 40.5 Å². The molecule has 0 aliphatic rings. The number of pyridine rings is 1. The van der Waals surface area contributed by atoms with Crippen LogP contribution in [0.25, 0.3) is 10.9 Å². The number of hydrogen-bond acceptors (Lipinski definition) is 2. The summed E-state index contributed by atoms with van der Waals surface area (Å²) in [6.45, 7) is 2.65. The van der Waals surface area contributed by atoms with Crippen molar-refractivity contribution in [3.63, 3.8) is 0 Å². The van der Waals surface area contributed by atoms with E-state index in [0.717, 1.165) is 33.6 Å². The Hall–Kier alpha value is -1.12. The van der Waals surface area contributed by atoms with E-state index in [-0.39, 0.29) is 0 Å². The van der Waals surface area contributed by atoms with Gasteiger partial charge in [-0.3, -0.25) is 4.98 Å². The van der Waals surface area contributed by atoms with Crippen LogP contribution in [0.3, 0.4) is 0 Å². The highest BCUT2D eigenvalue weighted by Crippen LogP contribution is 2.22. The SMILES string of the molecule is Cc1cc(Cl)cc2ccc(CCN)nc12. The molecule has 0 fully saturated rings. The lowest BCUT2D eigenvalue weighted by Crippen LogP contribution is -2.04. The number of aryl methyl sites for hydroxylation is 1. The molecule has 2 aromatic rings. The Labute approximate surface area is 94.1 Å². The molecule has 0 spiro atoms. The fourth-order valence-corrected chi connectivity index (χ4v) is 1.98. The second kappa shape index (κ2) is 4.17. The van der Waals surface area contributed by atoms with E-state index in [1.165, 1.54) is 0 Å². The molecule has 0 atom stereocenters. The molecule has 2 rings (SSSR count). The minimum Gasteiger partial charge on any atom is -0.330 e. The lowest BCUT2D eigenvalue weighted by molar-refractivity contribution is 0.931. The Kier molecular flexibility index (Phi) is 2.89. The zero-order valence-corrected chi connectivity index (χ0v) is 9.38. The monoisotopic (exact) mass is 220 g/mol. The molecular formula is C12H13ClN2. The third-order valence-electron chi connectivity index (χ3n) is 2.41. The van der Waals surface area contributed by atoms with E-state index < -0.39 is 0 Å². The molecule has 0 aliphatic heterocycles. The second-order valence-corrected chi connectivity index (χ2v) is 4.07. The molecule has 0 radical (unpaired) electrons. The predicted octanol–water partition coefficient (Wildman–Crippen LogP) is 2.70. The molecule has 0 amide bonds. The summed E-state index contributed by atoms with van der Waals surface area (Å²) in [4.78, 5) is 4.57. The van der Waals surface area contributed by atoms with Crippen LogP contribution in [0.1, 0.15) is 11.3 Å². The van der Waals surface area contributed by atoms with Crippen LogP contribution < -0.4 is 5.73 Å². The lowest BCUT2D eigenvalue weighted by Gasteiger charge is -2.05. The van der Waals surface area contributed by atoms with Crippen LogP contribution in [-0.2, 0) is 6.42 Å². The van der Waals surface area contributed by atoms with Gasteiger partial charge in [0.2, 0.25) is 0 Å². The van der Waals surface area contributed by atoms with Crippen molar-refractivity contribution in [3.8, 4) is 0 Å². The summed E-state index contributed by atoms with van der Waals surface area (Å²) >= 11 is 5.98. The van der Waals surface area contributed by atoms with Gasteiger partial charge >= 0.3 is 0 Å². The third kappa shape index (κ3) is 2.11. The van der Waals surface area contributed by atoms with Crippen molar-refractivity contribution in [2.75, 3.05) is 6.54 Å². The summed E-state index contributed by atoms with van der Waals surface area (Å²) < 4.78 is 0. The van der Waals surface area contributed by atoms with Gasteiger partial charge in [-0.05, 0) is 37.2 Å². The van der Waals surface area contributed by atoms with Crippen LogP contribution in [0.2, 0.25) is 5.02 Å². The second-order valence-electron chi connectivity index (χ2n) is 3.64. The number of hydrogen-bond donors (Lipinski definition) is 1. The molecule has 0 saturated heterocycles. The van der Waals surface area contributed by atoms with Crippen molar-refractivity contribution < 1.29 is 0 Å². The zero-order chi connectivity index (χ0) is 10.8. The Morgan fingerprint density at radius 3 is 2.87 bits per heavy atom. The lowest BCUT2D eigenvalue weighted by atomic mass is 10.1. The Morgan fingerprint density at radius 2 is 2.13 bits per heavy atom. The van der Waals surface area contributed by atoms with E-state index in [1.54, 1.807) is 0 Å². The standard InChI is InChI=1S/C12H13ClN2/c1-8-6-10(13)7-9-2-3-11(4-5-14)15-12(8)9/h2-3,6-7H,4-5,14H2,1H3. The first-order valence-corrected chi connectivity index (χ1v) is 5.34. The molecule has 3 heteroatoms. The predicted molar refractivity (Wildman–Crippen MR) is 64.2 cm³/mol. The number of rotatable bonds is 2. The van der Waals surface area contributed by atoms with Gasteiger partial charge in [-0.2, -0.15) is 0 Å². The molecule has 15 heavy (non-hydrogen) atoms. The summed E-state index contributed by atoms with van der Waals surface area (Å²) in [7, 11) is 0. The molecule has 2 N–H and O–H groups in total. The molecule has 1 aromatic carbocycles. The molecule has 0 aliphatic carbocycles. The number of aromatic nitrogens is 1. The number of fused-ring (bicyclic) bond motifs is 1. The first-order chi connectivity index (χ1) is 7.20.